The summed E-state index contributed by atoms with van der Waals surface area (Å²) >= 11 is 0. The summed E-state index contributed by atoms with van der Waals surface area (Å²) in [6, 6.07) is 3.16. The van der Waals surface area contributed by atoms with E-state index in [0.717, 1.165) is 0 Å². The van der Waals surface area contributed by atoms with Crippen LogP contribution in [0.4, 0.5) is 5.82 Å². The Kier molecular flexibility index (Phi) is 4.07. The Morgan fingerprint density at radius 1 is 1.53 bits per heavy atom. The van der Waals surface area contributed by atoms with E-state index in [1.807, 2.05) is 13.8 Å². The van der Waals surface area contributed by atoms with Crippen molar-refractivity contribution in [3.05, 3.63) is 18.3 Å². The second-order valence-electron chi connectivity index (χ2n) is 4.85. The van der Waals surface area contributed by atoms with Crippen LogP contribution >= 0.6 is 0 Å². The Bertz CT molecular complexity index is 539. The average molecular weight is 285 g/mol. The first kappa shape index (κ1) is 14.2. The second kappa shape index (κ2) is 5.44. The van der Waals surface area contributed by atoms with Crippen molar-refractivity contribution >= 4 is 15.8 Å². The molecule has 0 saturated carbocycles. The Balaban J connectivity index is 2.29. The van der Waals surface area contributed by atoms with Gasteiger partial charge in [-0.3, -0.25) is 0 Å². The zero-order valence-electron chi connectivity index (χ0n) is 11.1. The smallest absolute Gasteiger partial charge is 0.244 e. The molecule has 1 aromatic heterocycles. The van der Waals surface area contributed by atoms with Gasteiger partial charge in [0.2, 0.25) is 10.0 Å². The van der Waals surface area contributed by atoms with Gasteiger partial charge in [-0.15, -0.1) is 0 Å². The number of ether oxygens (including phenoxy) is 1. The van der Waals surface area contributed by atoms with Gasteiger partial charge in [0, 0.05) is 19.3 Å². The average Bonchev–Trinajstić information content (AvgIpc) is 2.76. The number of sulfonamides is 1. The van der Waals surface area contributed by atoms with E-state index in [1.165, 1.54) is 0 Å². The molecule has 0 aromatic carbocycles. The van der Waals surface area contributed by atoms with Crippen molar-refractivity contribution in [1.82, 2.24) is 9.71 Å². The molecule has 1 unspecified atom stereocenters. The maximum absolute atomic E-state index is 12.4. The minimum absolute atomic E-state index is 0.171. The Morgan fingerprint density at radius 3 is 2.95 bits per heavy atom. The molecule has 1 atom stereocenters. The van der Waals surface area contributed by atoms with Crippen molar-refractivity contribution in [1.29, 1.82) is 0 Å². The van der Waals surface area contributed by atoms with Crippen LogP contribution < -0.4 is 10.0 Å². The van der Waals surface area contributed by atoms with Crippen LogP contribution in [0.15, 0.2) is 23.2 Å². The van der Waals surface area contributed by atoms with Crippen LogP contribution in [-0.2, 0) is 14.8 Å². The van der Waals surface area contributed by atoms with E-state index in [9.17, 15) is 8.42 Å². The van der Waals surface area contributed by atoms with Gasteiger partial charge in [-0.1, -0.05) is 0 Å². The molecular formula is C12H19N3O3S. The molecule has 0 radical (unpaired) electrons. The highest BCUT2D eigenvalue weighted by molar-refractivity contribution is 7.89. The molecule has 6 nitrogen and oxygen atoms in total. The lowest BCUT2D eigenvalue weighted by atomic mass is 10.0. The van der Waals surface area contributed by atoms with Gasteiger partial charge in [-0.25, -0.2) is 18.1 Å². The minimum Gasteiger partial charge on any atom is -0.379 e. The van der Waals surface area contributed by atoms with Gasteiger partial charge in [-0.2, -0.15) is 0 Å². The molecular weight excluding hydrogens is 266 g/mol. The quantitative estimate of drug-likeness (QED) is 0.842. The molecule has 2 rings (SSSR count). The van der Waals surface area contributed by atoms with E-state index < -0.39 is 15.6 Å². The van der Waals surface area contributed by atoms with Crippen LogP contribution in [-0.4, -0.2) is 38.7 Å². The maximum Gasteiger partial charge on any atom is 0.244 e. The van der Waals surface area contributed by atoms with Crippen LogP contribution in [0.1, 0.15) is 20.3 Å². The van der Waals surface area contributed by atoms with Crippen molar-refractivity contribution in [3.8, 4) is 0 Å². The van der Waals surface area contributed by atoms with Crippen molar-refractivity contribution in [2.45, 2.75) is 30.7 Å². The molecule has 0 amide bonds. The van der Waals surface area contributed by atoms with Gasteiger partial charge in [0.25, 0.3) is 0 Å². The van der Waals surface area contributed by atoms with E-state index in [2.05, 4.69) is 15.0 Å². The number of pyridine rings is 1. The summed E-state index contributed by atoms with van der Waals surface area (Å²) in [4.78, 5) is 4.24. The topological polar surface area (TPSA) is 80.3 Å². The number of hydrogen-bond acceptors (Lipinski definition) is 5. The lowest BCUT2D eigenvalue weighted by Crippen LogP contribution is -2.46. The molecule has 1 aliphatic heterocycles. The molecule has 0 spiro atoms. The summed E-state index contributed by atoms with van der Waals surface area (Å²) in [5.74, 6) is 0.375. The fraction of sp³-hybridized carbons (Fsp3) is 0.583. The lowest BCUT2D eigenvalue weighted by Gasteiger charge is -2.23. The fourth-order valence-corrected chi connectivity index (χ4v) is 3.59. The Labute approximate surface area is 113 Å². The Morgan fingerprint density at radius 2 is 2.32 bits per heavy atom. The Hall–Kier alpha value is -1.18. The van der Waals surface area contributed by atoms with Crippen LogP contribution in [0.25, 0.3) is 0 Å². The highest BCUT2D eigenvalue weighted by Gasteiger charge is 2.35. The second-order valence-corrected chi connectivity index (χ2v) is 6.50. The molecule has 106 valence electrons. The number of anilines is 1. The summed E-state index contributed by atoms with van der Waals surface area (Å²) in [5.41, 5.74) is -0.543. The number of nitrogens with zero attached hydrogens (tertiary/aromatic N) is 1. The normalized spacial score (nSPS) is 23.5. The monoisotopic (exact) mass is 285 g/mol. The summed E-state index contributed by atoms with van der Waals surface area (Å²) in [5, 5.41) is 2.96. The summed E-state index contributed by atoms with van der Waals surface area (Å²) in [6.45, 7) is 5.32. The van der Waals surface area contributed by atoms with Gasteiger partial charge in [0.1, 0.15) is 10.7 Å². The third kappa shape index (κ3) is 3.23. The predicted molar refractivity (Wildman–Crippen MR) is 72.6 cm³/mol. The molecule has 1 saturated heterocycles. The number of hydrogen-bond donors (Lipinski definition) is 2. The molecule has 2 N–H and O–H groups in total. The molecule has 2 heterocycles. The molecule has 19 heavy (non-hydrogen) atoms. The van der Waals surface area contributed by atoms with E-state index in [4.69, 9.17) is 4.74 Å². The van der Waals surface area contributed by atoms with Gasteiger partial charge < -0.3 is 10.1 Å². The van der Waals surface area contributed by atoms with Gasteiger partial charge in [0.05, 0.1) is 12.1 Å². The standard InChI is InChI=1S/C12H19N3O3S/c1-3-13-11-10(5-4-7-14-11)19(16,17)15-12(2)6-8-18-9-12/h4-5,7,15H,3,6,8-9H2,1-2H3,(H,13,14). The minimum atomic E-state index is -3.61. The van der Waals surface area contributed by atoms with Crippen LogP contribution in [0.2, 0.25) is 0 Å². The van der Waals surface area contributed by atoms with Crippen LogP contribution in [0.3, 0.4) is 0 Å². The highest BCUT2D eigenvalue weighted by atomic mass is 32.2. The molecule has 0 aliphatic carbocycles. The molecule has 1 aliphatic rings. The first-order valence-corrected chi connectivity index (χ1v) is 7.76. The zero-order chi connectivity index (χ0) is 13.9. The van der Waals surface area contributed by atoms with Crippen molar-refractivity contribution in [2.24, 2.45) is 0 Å². The van der Waals surface area contributed by atoms with Crippen molar-refractivity contribution in [2.75, 3.05) is 25.1 Å². The molecule has 0 bridgehead atoms. The van der Waals surface area contributed by atoms with Crippen LogP contribution in [0.5, 0.6) is 0 Å². The third-order valence-corrected chi connectivity index (χ3v) is 4.67. The summed E-state index contributed by atoms with van der Waals surface area (Å²) in [6.07, 6.45) is 2.24. The third-order valence-electron chi connectivity index (χ3n) is 3.00. The van der Waals surface area contributed by atoms with Crippen LogP contribution in [0, 0.1) is 0 Å². The van der Waals surface area contributed by atoms with Crippen molar-refractivity contribution in [3.63, 3.8) is 0 Å². The molecule has 7 heteroatoms. The largest absolute Gasteiger partial charge is 0.379 e. The number of rotatable bonds is 5. The molecule has 1 fully saturated rings. The first-order chi connectivity index (χ1) is 8.97. The fourth-order valence-electron chi connectivity index (χ4n) is 2.03. The number of aromatic nitrogens is 1. The van der Waals surface area contributed by atoms with Gasteiger partial charge in [-0.05, 0) is 32.4 Å². The lowest BCUT2D eigenvalue weighted by molar-refractivity contribution is 0.178. The van der Waals surface area contributed by atoms with Gasteiger partial charge >= 0.3 is 0 Å². The molecule has 1 aromatic rings. The van der Waals surface area contributed by atoms with E-state index in [-0.39, 0.29) is 4.90 Å². The zero-order valence-corrected chi connectivity index (χ0v) is 12.0. The van der Waals surface area contributed by atoms with Gasteiger partial charge in [0.15, 0.2) is 0 Å². The van der Waals surface area contributed by atoms with Crippen molar-refractivity contribution < 1.29 is 13.2 Å². The SMILES string of the molecule is CCNc1ncccc1S(=O)(=O)NC1(C)CCOC1. The van der Waals surface area contributed by atoms with E-state index >= 15 is 0 Å². The van der Waals surface area contributed by atoms with E-state index in [1.54, 1.807) is 18.3 Å². The summed E-state index contributed by atoms with van der Waals surface area (Å²) in [7, 11) is -3.61. The number of nitrogens with one attached hydrogen (secondary N) is 2. The summed E-state index contributed by atoms with van der Waals surface area (Å²) < 4.78 is 32.9. The predicted octanol–water partition coefficient (Wildman–Crippen LogP) is 0.971. The first-order valence-electron chi connectivity index (χ1n) is 6.27. The van der Waals surface area contributed by atoms with E-state index in [0.29, 0.717) is 32.0 Å². The highest BCUT2D eigenvalue weighted by Crippen LogP contribution is 2.24. The maximum atomic E-state index is 12.4.